The SMILES string of the molecule is CC(C)C(CNS(=O)(=O)c1c(F)cc(F)cc1F)C(=O)O. The molecule has 0 radical (unpaired) electrons. The molecule has 1 aromatic carbocycles. The summed E-state index contributed by atoms with van der Waals surface area (Å²) < 4.78 is 65.1. The molecule has 0 saturated carbocycles. The number of sulfonamides is 1. The smallest absolute Gasteiger partial charge is 0.308 e. The predicted molar refractivity (Wildman–Crippen MR) is 67.5 cm³/mol. The van der Waals surface area contributed by atoms with E-state index >= 15 is 0 Å². The van der Waals surface area contributed by atoms with Gasteiger partial charge in [-0.05, 0) is 5.92 Å². The second kappa shape index (κ2) is 6.44. The normalized spacial score (nSPS) is 13.4. The number of hydrogen-bond donors (Lipinski definition) is 2. The van der Waals surface area contributed by atoms with E-state index in [1.165, 1.54) is 0 Å². The number of benzene rings is 1. The van der Waals surface area contributed by atoms with Gasteiger partial charge in [-0.1, -0.05) is 13.8 Å². The first-order valence-electron chi connectivity index (χ1n) is 5.93. The number of halogens is 3. The van der Waals surface area contributed by atoms with Gasteiger partial charge in [-0.3, -0.25) is 4.79 Å². The Hall–Kier alpha value is -1.61. The molecule has 1 aromatic rings. The summed E-state index contributed by atoms with van der Waals surface area (Å²) in [5, 5.41) is 8.92. The van der Waals surface area contributed by atoms with Crippen molar-refractivity contribution in [3.05, 3.63) is 29.6 Å². The molecule has 0 fully saturated rings. The molecule has 0 aliphatic heterocycles. The van der Waals surface area contributed by atoms with Gasteiger partial charge in [0.05, 0.1) is 5.92 Å². The molecule has 0 aliphatic carbocycles. The third kappa shape index (κ3) is 4.18. The first kappa shape index (κ1) is 17.4. The molecule has 0 spiro atoms. The first-order chi connectivity index (χ1) is 9.56. The van der Waals surface area contributed by atoms with Crippen LogP contribution in [0.25, 0.3) is 0 Å². The number of aliphatic carboxylic acids is 1. The Balaban J connectivity index is 3.06. The van der Waals surface area contributed by atoms with Crippen LogP contribution in [-0.4, -0.2) is 26.0 Å². The van der Waals surface area contributed by atoms with E-state index in [0.717, 1.165) is 0 Å². The fourth-order valence-electron chi connectivity index (χ4n) is 1.67. The summed E-state index contributed by atoms with van der Waals surface area (Å²) in [6.45, 7) is 2.59. The van der Waals surface area contributed by atoms with Crippen molar-refractivity contribution >= 4 is 16.0 Å². The van der Waals surface area contributed by atoms with Crippen molar-refractivity contribution < 1.29 is 31.5 Å². The number of rotatable bonds is 6. The van der Waals surface area contributed by atoms with Crippen LogP contribution in [0.1, 0.15) is 13.8 Å². The van der Waals surface area contributed by atoms with Gasteiger partial charge in [-0.25, -0.2) is 26.3 Å². The van der Waals surface area contributed by atoms with E-state index in [4.69, 9.17) is 5.11 Å². The lowest BCUT2D eigenvalue weighted by atomic mass is 9.97. The van der Waals surface area contributed by atoms with Gasteiger partial charge in [0.1, 0.15) is 17.5 Å². The molecular formula is C12H14F3NO4S. The molecule has 5 nitrogen and oxygen atoms in total. The van der Waals surface area contributed by atoms with Crippen molar-refractivity contribution in [1.82, 2.24) is 4.72 Å². The van der Waals surface area contributed by atoms with E-state index in [1.807, 2.05) is 4.72 Å². The Kier molecular flexibility index (Phi) is 5.35. The quantitative estimate of drug-likeness (QED) is 0.834. The number of carbonyl (C=O) groups is 1. The highest BCUT2D eigenvalue weighted by molar-refractivity contribution is 7.89. The van der Waals surface area contributed by atoms with Crippen LogP contribution < -0.4 is 4.72 Å². The zero-order valence-corrected chi connectivity index (χ0v) is 12.0. The molecule has 0 heterocycles. The molecule has 1 rings (SSSR count). The van der Waals surface area contributed by atoms with E-state index in [0.29, 0.717) is 0 Å². The minimum Gasteiger partial charge on any atom is -0.481 e. The maximum absolute atomic E-state index is 13.4. The molecule has 2 N–H and O–H groups in total. The van der Waals surface area contributed by atoms with Gasteiger partial charge in [0.25, 0.3) is 0 Å². The van der Waals surface area contributed by atoms with E-state index in [9.17, 15) is 26.4 Å². The second-order valence-electron chi connectivity index (χ2n) is 4.74. The summed E-state index contributed by atoms with van der Waals surface area (Å²) in [5.41, 5.74) is 0. The van der Waals surface area contributed by atoms with E-state index in [-0.39, 0.29) is 12.1 Å². The third-order valence-corrected chi connectivity index (χ3v) is 4.32. The number of carboxylic acids is 1. The Morgan fingerprint density at radius 1 is 1.24 bits per heavy atom. The lowest BCUT2D eigenvalue weighted by Gasteiger charge is -2.17. The highest BCUT2D eigenvalue weighted by Crippen LogP contribution is 2.20. The van der Waals surface area contributed by atoms with Crippen LogP contribution in [0.3, 0.4) is 0 Å². The van der Waals surface area contributed by atoms with Crippen LogP contribution in [0, 0.1) is 29.3 Å². The molecule has 118 valence electrons. The van der Waals surface area contributed by atoms with Gasteiger partial charge in [-0.2, -0.15) is 0 Å². The molecule has 1 unspecified atom stereocenters. The average Bonchev–Trinajstić information content (AvgIpc) is 2.25. The zero-order valence-electron chi connectivity index (χ0n) is 11.2. The fraction of sp³-hybridized carbons (Fsp3) is 0.417. The lowest BCUT2D eigenvalue weighted by Crippen LogP contribution is -2.36. The Bertz CT molecular complexity index is 623. The van der Waals surface area contributed by atoms with Crippen molar-refractivity contribution in [3.8, 4) is 0 Å². The second-order valence-corrected chi connectivity index (χ2v) is 6.44. The fourth-order valence-corrected chi connectivity index (χ4v) is 2.84. The molecule has 0 aliphatic rings. The summed E-state index contributed by atoms with van der Waals surface area (Å²) in [4.78, 5) is 9.60. The van der Waals surface area contributed by atoms with Gasteiger partial charge < -0.3 is 5.11 Å². The Morgan fingerprint density at radius 3 is 2.10 bits per heavy atom. The summed E-state index contributed by atoms with van der Waals surface area (Å²) in [5.74, 6) is -7.13. The highest BCUT2D eigenvalue weighted by Gasteiger charge is 2.28. The highest BCUT2D eigenvalue weighted by atomic mass is 32.2. The van der Waals surface area contributed by atoms with Gasteiger partial charge in [0.2, 0.25) is 10.0 Å². The molecule has 9 heteroatoms. The first-order valence-corrected chi connectivity index (χ1v) is 7.41. The average molecular weight is 325 g/mol. The third-order valence-electron chi connectivity index (χ3n) is 2.85. The van der Waals surface area contributed by atoms with Gasteiger partial charge in [-0.15, -0.1) is 0 Å². The minimum absolute atomic E-state index is 0.231. The summed E-state index contributed by atoms with van der Waals surface area (Å²) in [6, 6.07) is 0.462. The summed E-state index contributed by atoms with van der Waals surface area (Å²) in [7, 11) is -4.63. The Labute approximate surface area is 119 Å². The van der Waals surface area contributed by atoms with E-state index in [1.54, 1.807) is 13.8 Å². The van der Waals surface area contributed by atoms with Crippen LogP contribution >= 0.6 is 0 Å². The molecular weight excluding hydrogens is 311 g/mol. The zero-order chi connectivity index (χ0) is 16.4. The van der Waals surface area contributed by atoms with Crippen LogP contribution in [0.5, 0.6) is 0 Å². The predicted octanol–water partition coefficient (Wildman–Crippen LogP) is 1.74. The van der Waals surface area contributed by atoms with Crippen LogP contribution in [-0.2, 0) is 14.8 Å². The van der Waals surface area contributed by atoms with Crippen molar-refractivity contribution in [2.24, 2.45) is 11.8 Å². The van der Waals surface area contributed by atoms with E-state index < -0.39 is 56.7 Å². The van der Waals surface area contributed by atoms with Crippen molar-refractivity contribution in [1.29, 1.82) is 0 Å². The largest absolute Gasteiger partial charge is 0.481 e. The maximum Gasteiger partial charge on any atom is 0.308 e. The van der Waals surface area contributed by atoms with Crippen molar-refractivity contribution in [2.75, 3.05) is 6.54 Å². The monoisotopic (exact) mass is 325 g/mol. The number of hydrogen-bond acceptors (Lipinski definition) is 3. The topological polar surface area (TPSA) is 83.5 Å². The standard InChI is InChI=1S/C12H14F3NO4S/c1-6(2)8(12(17)18)5-16-21(19,20)11-9(14)3-7(13)4-10(11)15/h3-4,6,8,16H,5H2,1-2H3,(H,17,18). The molecule has 0 bridgehead atoms. The van der Waals surface area contributed by atoms with Crippen molar-refractivity contribution in [3.63, 3.8) is 0 Å². The molecule has 0 amide bonds. The van der Waals surface area contributed by atoms with Crippen LogP contribution in [0.2, 0.25) is 0 Å². The van der Waals surface area contributed by atoms with Gasteiger partial charge in [0.15, 0.2) is 4.90 Å². The van der Waals surface area contributed by atoms with Crippen LogP contribution in [0.4, 0.5) is 13.2 Å². The number of nitrogens with one attached hydrogen (secondary N) is 1. The summed E-state index contributed by atoms with van der Waals surface area (Å²) in [6.07, 6.45) is 0. The lowest BCUT2D eigenvalue weighted by molar-refractivity contribution is -0.142. The molecule has 0 saturated heterocycles. The minimum atomic E-state index is -4.63. The number of carboxylic acid groups (broad SMARTS) is 1. The molecule has 0 aromatic heterocycles. The molecule has 1 atom stereocenters. The van der Waals surface area contributed by atoms with Gasteiger partial charge in [0, 0.05) is 18.7 Å². The summed E-state index contributed by atoms with van der Waals surface area (Å²) >= 11 is 0. The van der Waals surface area contributed by atoms with Gasteiger partial charge >= 0.3 is 5.97 Å². The van der Waals surface area contributed by atoms with Crippen molar-refractivity contribution in [2.45, 2.75) is 18.7 Å². The molecule has 21 heavy (non-hydrogen) atoms. The van der Waals surface area contributed by atoms with E-state index in [2.05, 4.69) is 0 Å². The maximum atomic E-state index is 13.4. The van der Waals surface area contributed by atoms with Crippen LogP contribution in [0.15, 0.2) is 17.0 Å². The Morgan fingerprint density at radius 2 is 1.71 bits per heavy atom.